The molecule has 0 saturated heterocycles. The first kappa shape index (κ1) is 31.8. The minimum absolute atomic E-state index is 0.0965. The maximum absolute atomic E-state index is 12.2. The van der Waals surface area contributed by atoms with Gasteiger partial charge >= 0.3 is 0 Å². The summed E-state index contributed by atoms with van der Waals surface area (Å²) in [6, 6.07) is 20.6. The molecule has 3 aromatic carbocycles. The maximum Gasteiger partial charge on any atom is 0.253 e. The number of benzene rings is 3. The van der Waals surface area contributed by atoms with Crippen molar-refractivity contribution in [3.8, 4) is 0 Å². The molecule has 0 atom stereocenters. The molecule has 2 N–H and O–H groups in total. The van der Waals surface area contributed by atoms with Gasteiger partial charge < -0.3 is 20.4 Å². The highest BCUT2D eigenvalue weighted by molar-refractivity contribution is 5.96. The van der Waals surface area contributed by atoms with Gasteiger partial charge in [0.2, 0.25) is 0 Å². The third kappa shape index (κ3) is 8.30. The lowest BCUT2D eigenvalue weighted by Crippen LogP contribution is -2.30. The van der Waals surface area contributed by atoms with E-state index in [1.165, 1.54) is 0 Å². The van der Waals surface area contributed by atoms with Crippen LogP contribution < -0.4 is 15.5 Å². The number of nitrogens with one attached hydrogen (secondary N) is 2. The molecule has 0 bridgehead atoms. The minimum atomic E-state index is -0.0965. The Labute approximate surface area is 238 Å². The van der Waals surface area contributed by atoms with Gasteiger partial charge in [-0.15, -0.1) is 0 Å². The molecule has 7 nitrogen and oxygen atoms in total. The quantitative estimate of drug-likeness (QED) is 0.275. The summed E-state index contributed by atoms with van der Waals surface area (Å²) < 4.78 is 0. The average molecular weight is 543 g/mol. The number of allylic oxidation sites excluding steroid dienone is 2. The number of aryl methyl sites for hydroxylation is 1. The van der Waals surface area contributed by atoms with Crippen molar-refractivity contribution in [2.24, 2.45) is 0 Å². The summed E-state index contributed by atoms with van der Waals surface area (Å²) in [6.07, 6.45) is 2.85. The second-order valence-corrected chi connectivity index (χ2v) is 9.14. The first-order valence-corrected chi connectivity index (χ1v) is 13.7. The zero-order valence-corrected chi connectivity index (χ0v) is 24.7. The number of rotatable bonds is 10. The van der Waals surface area contributed by atoms with Crippen molar-refractivity contribution < 1.29 is 14.4 Å². The molecule has 0 aromatic heterocycles. The van der Waals surface area contributed by atoms with Gasteiger partial charge in [-0.05, 0) is 95.6 Å². The number of hydrogen-bond donors (Lipinski definition) is 2. The summed E-state index contributed by atoms with van der Waals surface area (Å²) in [5.41, 5.74) is 6.86. The maximum atomic E-state index is 12.2. The highest BCUT2D eigenvalue weighted by Gasteiger charge is 2.16. The van der Waals surface area contributed by atoms with E-state index in [9.17, 15) is 14.4 Å². The zero-order chi connectivity index (χ0) is 29.7. The number of hydrogen-bond acceptors (Lipinski definition) is 5. The largest absolute Gasteiger partial charge is 0.388 e. The molecule has 0 saturated carbocycles. The molecular formula is C33H42N4O3. The molecule has 0 aliphatic heterocycles. The monoisotopic (exact) mass is 542 g/mol. The van der Waals surface area contributed by atoms with Crippen LogP contribution in [0.1, 0.15) is 71.3 Å². The summed E-state index contributed by atoms with van der Waals surface area (Å²) in [7, 11) is 1.86. The third-order valence-corrected chi connectivity index (χ3v) is 6.56. The lowest BCUT2D eigenvalue weighted by molar-refractivity contribution is 0.0772. The van der Waals surface area contributed by atoms with Crippen molar-refractivity contribution in [3.05, 3.63) is 101 Å². The number of amides is 2. The van der Waals surface area contributed by atoms with E-state index in [4.69, 9.17) is 0 Å². The molecule has 3 rings (SSSR count). The third-order valence-electron chi connectivity index (χ3n) is 6.56. The van der Waals surface area contributed by atoms with Crippen LogP contribution in [0.4, 0.5) is 17.1 Å². The van der Waals surface area contributed by atoms with E-state index in [-0.39, 0.29) is 11.8 Å². The molecule has 0 spiro atoms. The highest BCUT2D eigenvalue weighted by Crippen LogP contribution is 2.33. The normalized spacial score (nSPS) is 10.6. The first-order chi connectivity index (χ1) is 19.2. The Morgan fingerprint density at radius 1 is 0.900 bits per heavy atom. The smallest absolute Gasteiger partial charge is 0.253 e. The van der Waals surface area contributed by atoms with Gasteiger partial charge in [-0.1, -0.05) is 24.3 Å². The second kappa shape index (κ2) is 15.9. The predicted octanol–water partition coefficient (Wildman–Crippen LogP) is 6.83. The molecular weight excluding hydrogens is 500 g/mol. The Kier molecular flexibility index (Phi) is 12.6. The van der Waals surface area contributed by atoms with Crippen molar-refractivity contribution in [3.63, 3.8) is 0 Å². The summed E-state index contributed by atoms with van der Waals surface area (Å²) >= 11 is 0. The molecule has 0 aliphatic rings. The first-order valence-electron chi connectivity index (χ1n) is 13.7. The Hall–Kier alpha value is -4.39. The van der Waals surface area contributed by atoms with Gasteiger partial charge in [-0.3, -0.25) is 14.4 Å². The van der Waals surface area contributed by atoms with Crippen molar-refractivity contribution in [1.29, 1.82) is 0 Å². The molecule has 0 unspecified atom stereocenters. The molecule has 212 valence electrons. The molecule has 7 heteroatoms. The molecule has 2 amide bonds. The Morgan fingerprint density at radius 2 is 1.57 bits per heavy atom. The van der Waals surface area contributed by atoms with Crippen LogP contribution >= 0.6 is 0 Å². The van der Waals surface area contributed by atoms with Crippen molar-refractivity contribution in [2.75, 3.05) is 36.9 Å². The van der Waals surface area contributed by atoms with Crippen molar-refractivity contribution in [1.82, 2.24) is 10.2 Å². The van der Waals surface area contributed by atoms with Gasteiger partial charge in [0.25, 0.3) is 11.8 Å². The van der Waals surface area contributed by atoms with E-state index < -0.39 is 0 Å². The van der Waals surface area contributed by atoms with E-state index >= 15 is 0 Å². The Balaban J connectivity index is 0.000000319. The number of nitrogens with zero attached hydrogens (tertiary/aromatic N) is 2. The van der Waals surface area contributed by atoms with E-state index in [2.05, 4.69) is 15.5 Å². The summed E-state index contributed by atoms with van der Waals surface area (Å²) in [6.45, 7) is 13.9. The van der Waals surface area contributed by atoms with Crippen LogP contribution in [-0.2, 0) is 0 Å². The van der Waals surface area contributed by atoms with Gasteiger partial charge in [0.05, 0.1) is 0 Å². The van der Waals surface area contributed by atoms with Crippen LogP contribution in [0.2, 0.25) is 0 Å². The topological polar surface area (TPSA) is 81.8 Å². The number of carbonyl (C=O) groups excluding carboxylic acids is 3. The van der Waals surface area contributed by atoms with E-state index in [0.717, 1.165) is 53.3 Å². The summed E-state index contributed by atoms with van der Waals surface area (Å²) in [4.78, 5) is 39.2. The molecule has 3 aromatic rings. The van der Waals surface area contributed by atoms with Crippen LogP contribution in [0, 0.1) is 6.92 Å². The van der Waals surface area contributed by atoms with E-state index in [1.807, 2.05) is 114 Å². The molecule has 0 aliphatic carbocycles. The molecule has 0 heterocycles. The van der Waals surface area contributed by atoms with Crippen LogP contribution in [-0.4, -0.2) is 49.7 Å². The van der Waals surface area contributed by atoms with E-state index in [0.29, 0.717) is 17.7 Å². The Bertz CT molecular complexity index is 1310. The number of aldehydes is 1. The standard InChI is InChI=1S/C21H24N2O2.C12H18N2O/c1-5-16(4)23(20-12-17(14-24)11-10-15(20)3)19-9-7-8-18(13-19)21(25)22-6-2;1-4-14(5-2)12(15)10-6-8-11(13-3)9-7-10/h5,7-14H,6H2,1-4H3,(H,22,25);6-9,13H,4-5H2,1-3H3/b16-5-;. The summed E-state index contributed by atoms with van der Waals surface area (Å²) in [5.74, 6) is 0.00319. The van der Waals surface area contributed by atoms with Crippen LogP contribution in [0.5, 0.6) is 0 Å². The molecule has 0 radical (unpaired) electrons. The predicted molar refractivity (Wildman–Crippen MR) is 166 cm³/mol. The fourth-order valence-electron chi connectivity index (χ4n) is 4.12. The zero-order valence-electron chi connectivity index (χ0n) is 24.7. The van der Waals surface area contributed by atoms with Crippen LogP contribution in [0.15, 0.2) is 78.5 Å². The van der Waals surface area contributed by atoms with Gasteiger partial charge in [0.15, 0.2) is 0 Å². The van der Waals surface area contributed by atoms with Crippen LogP contribution in [0.3, 0.4) is 0 Å². The molecule has 0 fully saturated rings. The van der Waals surface area contributed by atoms with Gasteiger partial charge in [0.1, 0.15) is 6.29 Å². The molecule has 40 heavy (non-hydrogen) atoms. The minimum Gasteiger partial charge on any atom is -0.388 e. The highest BCUT2D eigenvalue weighted by atomic mass is 16.2. The van der Waals surface area contributed by atoms with Crippen molar-refractivity contribution >= 4 is 35.2 Å². The number of anilines is 3. The lowest BCUT2D eigenvalue weighted by atomic mass is 10.1. The van der Waals surface area contributed by atoms with Crippen LogP contribution in [0.25, 0.3) is 0 Å². The Morgan fingerprint density at radius 3 is 2.12 bits per heavy atom. The second-order valence-electron chi connectivity index (χ2n) is 9.14. The SMILES string of the molecule is C/C=C(/C)N(c1cccc(C(=O)NCC)c1)c1cc(C=O)ccc1C.CCN(CC)C(=O)c1ccc(NC)cc1. The van der Waals surface area contributed by atoms with Gasteiger partial charge in [-0.25, -0.2) is 0 Å². The lowest BCUT2D eigenvalue weighted by Gasteiger charge is -2.28. The number of carbonyl (C=O) groups is 3. The average Bonchev–Trinajstić information content (AvgIpc) is 2.99. The fraction of sp³-hybridized carbons (Fsp3) is 0.303. The summed E-state index contributed by atoms with van der Waals surface area (Å²) in [5, 5.41) is 5.85. The van der Waals surface area contributed by atoms with Crippen molar-refractivity contribution in [2.45, 2.75) is 41.5 Å². The van der Waals surface area contributed by atoms with Gasteiger partial charge in [-0.2, -0.15) is 0 Å². The van der Waals surface area contributed by atoms with E-state index in [1.54, 1.807) is 12.1 Å². The van der Waals surface area contributed by atoms with Gasteiger partial charge in [0, 0.05) is 66.1 Å². The fourth-order valence-corrected chi connectivity index (χ4v) is 4.12.